The summed E-state index contributed by atoms with van der Waals surface area (Å²) in [4.78, 5) is 29.8. The molecule has 2 fully saturated rings. The fraction of sp³-hybridized carbons (Fsp3) is 0.647. The van der Waals surface area contributed by atoms with Gasteiger partial charge in [0.2, 0.25) is 5.91 Å². The van der Waals surface area contributed by atoms with Crippen LogP contribution in [0, 0.1) is 5.92 Å². The van der Waals surface area contributed by atoms with Crippen molar-refractivity contribution in [2.75, 3.05) is 26.2 Å². The summed E-state index contributed by atoms with van der Waals surface area (Å²) in [6, 6.07) is 3.79. The number of thiophene rings is 1. The lowest BCUT2D eigenvalue weighted by Crippen LogP contribution is -2.40. The summed E-state index contributed by atoms with van der Waals surface area (Å²) in [5, 5.41) is 1.93. The molecule has 1 aromatic heterocycles. The molecule has 0 aromatic carbocycles. The Kier molecular flexibility index (Phi) is 5.13. The molecule has 1 aromatic rings. The van der Waals surface area contributed by atoms with Crippen molar-refractivity contribution in [2.24, 2.45) is 5.92 Å². The molecule has 0 bridgehead atoms. The van der Waals surface area contributed by atoms with Crippen molar-refractivity contribution in [2.45, 2.75) is 38.5 Å². The van der Waals surface area contributed by atoms with Crippen molar-refractivity contribution < 1.29 is 9.59 Å². The van der Waals surface area contributed by atoms with E-state index in [1.807, 2.05) is 27.3 Å². The maximum atomic E-state index is 12.6. The van der Waals surface area contributed by atoms with Crippen molar-refractivity contribution in [3.05, 3.63) is 22.4 Å². The fourth-order valence-electron chi connectivity index (χ4n) is 3.50. The monoisotopic (exact) mass is 320 g/mol. The highest BCUT2D eigenvalue weighted by molar-refractivity contribution is 7.12. The van der Waals surface area contributed by atoms with Gasteiger partial charge in [-0.15, -0.1) is 11.3 Å². The van der Waals surface area contributed by atoms with Crippen LogP contribution in [0.4, 0.5) is 0 Å². The number of carbonyl (C=O) groups excluding carboxylic acids is 2. The van der Waals surface area contributed by atoms with E-state index < -0.39 is 0 Å². The van der Waals surface area contributed by atoms with Crippen molar-refractivity contribution in [1.82, 2.24) is 9.80 Å². The maximum Gasteiger partial charge on any atom is 0.263 e. The number of nitrogens with zero attached hydrogens (tertiary/aromatic N) is 2. The van der Waals surface area contributed by atoms with Gasteiger partial charge in [0.1, 0.15) is 0 Å². The number of carbonyl (C=O) groups is 2. The zero-order valence-electron chi connectivity index (χ0n) is 13.0. The predicted octanol–water partition coefficient (Wildman–Crippen LogP) is 3.00. The first-order chi connectivity index (χ1) is 10.8. The number of hydrogen-bond acceptors (Lipinski definition) is 3. The first kappa shape index (κ1) is 15.5. The molecule has 0 N–H and O–H groups in total. The van der Waals surface area contributed by atoms with E-state index in [0.29, 0.717) is 19.0 Å². The molecule has 1 saturated carbocycles. The maximum absolute atomic E-state index is 12.6. The van der Waals surface area contributed by atoms with Gasteiger partial charge in [0, 0.05) is 32.1 Å². The Morgan fingerprint density at radius 1 is 0.955 bits per heavy atom. The molecule has 1 aliphatic heterocycles. The van der Waals surface area contributed by atoms with E-state index in [2.05, 4.69) is 0 Å². The topological polar surface area (TPSA) is 40.6 Å². The number of amides is 2. The van der Waals surface area contributed by atoms with E-state index in [1.54, 1.807) is 0 Å². The third kappa shape index (κ3) is 3.51. The molecule has 0 spiro atoms. The highest BCUT2D eigenvalue weighted by Crippen LogP contribution is 2.26. The lowest BCUT2D eigenvalue weighted by Gasteiger charge is -2.28. The quantitative estimate of drug-likeness (QED) is 0.840. The summed E-state index contributed by atoms with van der Waals surface area (Å²) >= 11 is 1.49. The molecule has 1 saturated heterocycles. The predicted molar refractivity (Wildman–Crippen MR) is 88.0 cm³/mol. The lowest BCUT2D eigenvalue weighted by atomic mass is 9.88. The summed E-state index contributed by atoms with van der Waals surface area (Å²) in [6.45, 7) is 2.90. The molecular weight excluding hydrogens is 296 g/mol. The standard InChI is InChI=1S/C17H24N2O2S/c20-16(14-6-2-1-3-7-14)18-9-5-10-19(12-11-18)17(21)15-8-4-13-22-15/h4,8,13-14H,1-3,5-7,9-12H2. The molecule has 4 nitrogen and oxygen atoms in total. The Morgan fingerprint density at radius 3 is 2.41 bits per heavy atom. The molecule has 0 radical (unpaired) electrons. The van der Waals surface area contributed by atoms with Crippen LogP contribution in [0.1, 0.15) is 48.2 Å². The minimum Gasteiger partial charge on any atom is -0.341 e. The van der Waals surface area contributed by atoms with Gasteiger partial charge in [-0.05, 0) is 30.7 Å². The van der Waals surface area contributed by atoms with Crippen LogP contribution in [0.2, 0.25) is 0 Å². The first-order valence-electron chi connectivity index (χ1n) is 8.37. The lowest BCUT2D eigenvalue weighted by molar-refractivity contribution is -0.136. The van der Waals surface area contributed by atoms with Crippen LogP contribution < -0.4 is 0 Å². The second-order valence-electron chi connectivity index (χ2n) is 6.28. The van der Waals surface area contributed by atoms with Gasteiger partial charge in [0.25, 0.3) is 5.91 Å². The van der Waals surface area contributed by atoms with E-state index >= 15 is 0 Å². The minimum atomic E-state index is 0.113. The third-order valence-corrected chi connectivity index (χ3v) is 5.64. The SMILES string of the molecule is O=C(c1cccs1)N1CCCN(C(=O)C2CCCCC2)CC1. The molecule has 120 valence electrons. The van der Waals surface area contributed by atoms with E-state index in [9.17, 15) is 9.59 Å². The Labute approximate surface area is 136 Å². The van der Waals surface area contributed by atoms with Crippen molar-refractivity contribution in [1.29, 1.82) is 0 Å². The van der Waals surface area contributed by atoms with Crippen molar-refractivity contribution >= 4 is 23.2 Å². The zero-order chi connectivity index (χ0) is 15.4. The summed E-state index contributed by atoms with van der Waals surface area (Å²) in [5.74, 6) is 0.667. The summed E-state index contributed by atoms with van der Waals surface area (Å²) in [7, 11) is 0. The van der Waals surface area contributed by atoms with Gasteiger partial charge in [-0.25, -0.2) is 0 Å². The van der Waals surface area contributed by atoms with Gasteiger partial charge in [-0.3, -0.25) is 9.59 Å². The molecule has 22 heavy (non-hydrogen) atoms. The molecule has 2 amide bonds. The van der Waals surface area contributed by atoms with E-state index in [1.165, 1.54) is 30.6 Å². The fourth-order valence-corrected chi connectivity index (χ4v) is 4.20. The van der Waals surface area contributed by atoms with Crippen LogP contribution in [0.5, 0.6) is 0 Å². The molecular formula is C17H24N2O2S. The van der Waals surface area contributed by atoms with Crippen LogP contribution in [-0.2, 0) is 4.79 Å². The molecule has 2 heterocycles. The Morgan fingerprint density at radius 2 is 1.68 bits per heavy atom. The van der Waals surface area contributed by atoms with Crippen LogP contribution in [0.25, 0.3) is 0 Å². The van der Waals surface area contributed by atoms with Crippen LogP contribution in [-0.4, -0.2) is 47.8 Å². The van der Waals surface area contributed by atoms with Crippen LogP contribution in [0.15, 0.2) is 17.5 Å². The number of hydrogen-bond donors (Lipinski definition) is 0. The zero-order valence-corrected chi connectivity index (χ0v) is 13.8. The molecule has 3 rings (SSSR count). The molecule has 0 atom stereocenters. The van der Waals surface area contributed by atoms with Crippen molar-refractivity contribution in [3.63, 3.8) is 0 Å². The van der Waals surface area contributed by atoms with E-state index in [-0.39, 0.29) is 11.8 Å². The Hall–Kier alpha value is -1.36. The summed E-state index contributed by atoms with van der Waals surface area (Å²) in [6.07, 6.45) is 6.63. The minimum absolute atomic E-state index is 0.113. The summed E-state index contributed by atoms with van der Waals surface area (Å²) < 4.78 is 0. The molecule has 2 aliphatic rings. The number of rotatable bonds is 2. The smallest absolute Gasteiger partial charge is 0.263 e. The van der Waals surface area contributed by atoms with Gasteiger partial charge in [0.15, 0.2) is 0 Å². The van der Waals surface area contributed by atoms with E-state index in [0.717, 1.165) is 37.2 Å². The van der Waals surface area contributed by atoms with Gasteiger partial charge in [-0.1, -0.05) is 25.3 Å². The second kappa shape index (κ2) is 7.27. The average molecular weight is 320 g/mol. The summed E-state index contributed by atoms with van der Waals surface area (Å²) in [5.41, 5.74) is 0. The Balaban J connectivity index is 1.57. The molecule has 5 heteroatoms. The normalized spacial score (nSPS) is 20.7. The van der Waals surface area contributed by atoms with Crippen molar-refractivity contribution in [3.8, 4) is 0 Å². The Bertz CT molecular complexity index is 509. The molecule has 0 unspecified atom stereocenters. The second-order valence-corrected chi connectivity index (χ2v) is 7.23. The van der Waals surface area contributed by atoms with Gasteiger partial charge in [-0.2, -0.15) is 0 Å². The van der Waals surface area contributed by atoms with Crippen LogP contribution >= 0.6 is 11.3 Å². The highest BCUT2D eigenvalue weighted by Gasteiger charge is 2.28. The first-order valence-corrected chi connectivity index (χ1v) is 9.25. The van der Waals surface area contributed by atoms with Gasteiger partial charge >= 0.3 is 0 Å². The van der Waals surface area contributed by atoms with Gasteiger partial charge in [0.05, 0.1) is 4.88 Å². The highest BCUT2D eigenvalue weighted by atomic mass is 32.1. The average Bonchev–Trinajstić information content (AvgIpc) is 2.99. The van der Waals surface area contributed by atoms with Crippen LogP contribution in [0.3, 0.4) is 0 Å². The third-order valence-electron chi connectivity index (χ3n) is 4.78. The van der Waals surface area contributed by atoms with Gasteiger partial charge < -0.3 is 9.80 Å². The molecule has 1 aliphatic carbocycles. The van der Waals surface area contributed by atoms with E-state index in [4.69, 9.17) is 0 Å². The largest absolute Gasteiger partial charge is 0.341 e.